The Labute approximate surface area is 110 Å². The van der Waals surface area contributed by atoms with Crippen LogP contribution in [-0.2, 0) is 6.54 Å². The molecule has 0 fully saturated rings. The van der Waals surface area contributed by atoms with Gasteiger partial charge in [0, 0.05) is 30.2 Å². The number of hydrogen-bond acceptors (Lipinski definition) is 2. The number of halogens is 1. The third kappa shape index (κ3) is 4.68. The minimum atomic E-state index is 0.0713. The van der Waals surface area contributed by atoms with Crippen LogP contribution in [0.4, 0.5) is 0 Å². The molecule has 1 atom stereocenters. The lowest BCUT2D eigenvalue weighted by atomic mass is 10.0. The third-order valence-electron chi connectivity index (χ3n) is 3.17. The molecule has 0 saturated carbocycles. The van der Waals surface area contributed by atoms with Gasteiger partial charge in [-0.3, -0.25) is 4.68 Å². The lowest BCUT2D eigenvalue weighted by molar-refractivity contribution is 0.371. The van der Waals surface area contributed by atoms with E-state index in [9.17, 15) is 0 Å². The summed E-state index contributed by atoms with van der Waals surface area (Å²) < 4.78 is 2.03. The van der Waals surface area contributed by atoms with Crippen molar-refractivity contribution in [2.45, 2.75) is 58.7 Å². The van der Waals surface area contributed by atoms with E-state index in [1.165, 1.54) is 0 Å². The molecular formula is C13H24ClN3. The fraction of sp³-hybridized carbons (Fsp3) is 0.769. The molecular weight excluding hydrogens is 234 g/mol. The van der Waals surface area contributed by atoms with E-state index >= 15 is 0 Å². The monoisotopic (exact) mass is 257 g/mol. The Morgan fingerprint density at radius 3 is 2.82 bits per heavy atom. The lowest BCUT2D eigenvalue weighted by Gasteiger charge is -2.24. The maximum Gasteiger partial charge on any atom is 0.0762 e. The Bertz CT molecular complexity index is 333. The Balaban J connectivity index is 2.50. The third-order valence-corrected chi connectivity index (χ3v) is 3.36. The average Bonchev–Trinajstić information content (AvgIpc) is 2.74. The van der Waals surface area contributed by atoms with E-state index in [4.69, 9.17) is 11.6 Å². The van der Waals surface area contributed by atoms with Gasteiger partial charge in [-0.05, 0) is 39.7 Å². The van der Waals surface area contributed by atoms with Crippen LogP contribution in [-0.4, -0.2) is 21.2 Å². The summed E-state index contributed by atoms with van der Waals surface area (Å²) in [7, 11) is 0. The second-order valence-corrected chi connectivity index (χ2v) is 5.60. The highest BCUT2D eigenvalue weighted by molar-refractivity contribution is 6.17. The highest BCUT2D eigenvalue weighted by Gasteiger charge is 2.16. The summed E-state index contributed by atoms with van der Waals surface area (Å²) >= 11 is 5.77. The summed E-state index contributed by atoms with van der Waals surface area (Å²) in [5.74, 6) is 0.682. The average molecular weight is 258 g/mol. The molecule has 0 saturated heterocycles. The van der Waals surface area contributed by atoms with Crippen LogP contribution in [0.2, 0.25) is 0 Å². The van der Waals surface area contributed by atoms with E-state index in [1.807, 2.05) is 4.68 Å². The maximum atomic E-state index is 5.77. The standard InChI is InChI=1S/C13H24ClN3/c1-5-11(2)17-9-6-12(16-17)10-15-13(3,4)7-8-14/h6,9,11,15H,5,7-8,10H2,1-4H3. The molecule has 0 aliphatic carbocycles. The number of rotatable bonds is 7. The van der Waals surface area contributed by atoms with Crippen molar-refractivity contribution in [3.05, 3.63) is 18.0 Å². The highest BCUT2D eigenvalue weighted by Crippen LogP contribution is 2.12. The van der Waals surface area contributed by atoms with E-state index in [0.717, 1.165) is 25.1 Å². The predicted octanol–water partition coefficient (Wildman–Crippen LogP) is 3.35. The van der Waals surface area contributed by atoms with Crippen molar-refractivity contribution in [3.63, 3.8) is 0 Å². The van der Waals surface area contributed by atoms with Crippen LogP contribution in [0.3, 0.4) is 0 Å². The van der Waals surface area contributed by atoms with Crippen molar-refractivity contribution >= 4 is 11.6 Å². The normalized spacial score (nSPS) is 13.9. The van der Waals surface area contributed by atoms with Crippen molar-refractivity contribution in [2.75, 3.05) is 5.88 Å². The molecule has 98 valence electrons. The summed E-state index contributed by atoms with van der Waals surface area (Å²) in [6.45, 7) is 9.49. The molecule has 0 aromatic carbocycles. The van der Waals surface area contributed by atoms with Gasteiger partial charge in [0.15, 0.2) is 0 Å². The van der Waals surface area contributed by atoms with Gasteiger partial charge in [0.05, 0.1) is 5.69 Å². The molecule has 0 radical (unpaired) electrons. The van der Waals surface area contributed by atoms with Crippen LogP contribution in [0.1, 0.15) is 52.3 Å². The highest BCUT2D eigenvalue weighted by atomic mass is 35.5. The van der Waals surface area contributed by atoms with Gasteiger partial charge in [-0.2, -0.15) is 5.10 Å². The van der Waals surface area contributed by atoms with Gasteiger partial charge in [0.1, 0.15) is 0 Å². The van der Waals surface area contributed by atoms with Gasteiger partial charge in [-0.15, -0.1) is 11.6 Å². The van der Waals surface area contributed by atoms with Crippen LogP contribution in [0.25, 0.3) is 0 Å². The molecule has 1 unspecified atom stereocenters. The maximum absolute atomic E-state index is 5.77. The lowest BCUT2D eigenvalue weighted by Crippen LogP contribution is -2.39. The zero-order valence-corrected chi connectivity index (χ0v) is 12.1. The van der Waals surface area contributed by atoms with Crippen LogP contribution in [0, 0.1) is 0 Å². The van der Waals surface area contributed by atoms with E-state index in [2.05, 4.69) is 50.4 Å². The Kier molecular flexibility index (Phi) is 5.47. The molecule has 3 nitrogen and oxygen atoms in total. The number of hydrogen-bond donors (Lipinski definition) is 1. The first-order valence-electron chi connectivity index (χ1n) is 6.33. The molecule has 1 aromatic heterocycles. The fourth-order valence-corrected chi connectivity index (χ4v) is 2.03. The van der Waals surface area contributed by atoms with Gasteiger partial charge in [0.25, 0.3) is 0 Å². The predicted molar refractivity (Wildman–Crippen MR) is 73.5 cm³/mol. The van der Waals surface area contributed by atoms with Gasteiger partial charge in [-0.1, -0.05) is 6.92 Å². The first-order chi connectivity index (χ1) is 7.98. The van der Waals surface area contributed by atoms with Crippen molar-refractivity contribution in [2.24, 2.45) is 0 Å². The minimum Gasteiger partial charge on any atom is -0.306 e. The molecule has 1 rings (SSSR count). The summed E-state index contributed by atoms with van der Waals surface area (Å²) in [6.07, 6.45) is 4.12. The number of nitrogens with one attached hydrogen (secondary N) is 1. The Morgan fingerprint density at radius 1 is 1.53 bits per heavy atom. The van der Waals surface area contributed by atoms with Crippen molar-refractivity contribution in [1.82, 2.24) is 15.1 Å². The molecule has 0 amide bonds. The van der Waals surface area contributed by atoms with Gasteiger partial charge in [0.2, 0.25) is 0 Å². The molecule has 0 aliphatic heterocycles. The minimum absolute atomic E-state index is 0.0713. The molecule has 4 heteroatoms. The van der Waals surface area contributed by atoms with Crippen LogP contribution in [0.5, 0.6) is 0 Å². The van der Waals surface area contributed by atoms with Gasteiger partial charge >= 0.3 is 0 Å². The number of aromatic nitrogens is 2. The van der Waals surface area contributed by atoms with E-state index < -0.39 is 0 Å². The summed E-state index contributed by atoms with van der Waals surface area (Å²) in [5.41, 5.74) is 1.16. The zero-order chi connectivity index (χ0) is 12.9. The molecule has 0 aliphatic rings. The zero-order valence-electron chi connectivity index (χ0n) is 11.3. The van der Waals surface area contributed by atoms with Crippen molar-refractivity contribution < 1.29 is 0 Å². The van der Waals surface area contributed by atoms with Crippen molar-refractivity contribution in [1.29, 1.82) is 0 Å². The van der Waals surface area contributed by atoms with Crippen LogP contribution in [0.15, 0.2) is 12.3 Å². The Morgan fingerprint density at radius 2 is 2.24 bits per heavy atom. The first kappa shape index (κ1) is 14.5. The molecule has 1 heterocycles. The first-order valence-corrected chi connectivity index (χ1v) is 6.87. The fourth-order valence-electron chi connectivity index (χ4n) is 1.56. The summed E-state index contributed by atoms with van der Waals surface area (Å²) in [5, 5.41) is 8.05. The van der Waals surface area contributed by atoms with E-state index in [1.54, 1.807) is 0 Å². The number of nitrogens with zero attached hydrogens (tertiary/aromatic N) is 2. The molecule has 0 spiro atoms. The van der Waals surface area contributed by atoms with E-state index in [0.29, 0.717) is 11.9 Å². The molecule has 17 heavy (non-hydrogen) atoms. The largest absolute Gasteiger partial charge is 0.306 e. The Hall–Kier alpha value is -0.540. The van der Waals surface area contributed by atoms with Crippen LogP contribution >= 0.6 is 11.6 Å². The SMILES string of the molecule is CCC(C)n1ccc(CNC(C)(C)CCCl)n1. The molecule has 0 bridgehead atoms. The molecule has 1 aromatic rings. The summed E-state index contributed by atoms with van der Waals surface area (Å²) in [6, 6.07) is 2.55. The quantitative estimate of drug-likeness (QED) is 0.760. The van der Waals surface area contributed by atoms with Crippen LogP contribution < -0.4 is 5.32 Å². The summed E-state index contributed by atoms with van der Waals surface area (Å²) in [4.78, 5) is 0. The van der Waals surface area contributed by atoms with Crippen molar-refractivity contribution in [3.8, 4) is 0 Å². The molecule has 1 N–H and O–H groups in total. The van der Waals surface area contributed by atoms with E-state index in [-0.39, 0.29) is 5.54 Å². The second-order valence-electron chi connectivity index (χ2n) is 5.22. The van der Waals surface area contributed by atoms with Gasteiger partial charge < -0.3 is 5.32 Å². The van der Waals surface area contributed by atoms with Gasteiger partial charge in [-0.25, -0.2) is 0 Å². The smallest absolute Gasteiger partial charge is 0.0762 e. The topological polar surface area (TPSA) is 29.9 Å². The number of alkyl halides is 1. The second kappa shape index (κ2) is 6.41.